The lowest BCUT2D eigenvalue weighted by Gasteiger charge is -2.35. The minimum atomic E-state index is -0.287. The molecule has 172 valence electrons. The molecule has 8 heteroatoms. The topological polar surface area (TPSA) is 81.8 Å². The Hall–Kier alpha value is -4.07. The summed E-state index contributed by atoms with van der Waals surface area (Å²) in [7, 11) is 1.79. The molecule has 3 aromatic carbocycles. The van der Waals surface area contributed by atoms with Crippen molar-refractivity contribution in [3.05, 3.63) is 90.0 Å². The third-order valence-electron chi connectivity index (χ3n) is 6.00. The van der Waals surface area contributed by atoms with Gasteiger partial charge >= 0.3 is 0 Å². The van der Waals surface area contributed by atoms with Crippen LogP contribution in [0.4, 0.5) is 5.69 Å². The van der Waals surface area contributed by atoms with Gasteiger partial charge in [-0.3, -0.25) is 14.4 Å². The van der Waals surface area contributed by atoms with Crippen molar-refractivity contribution >= 4 is 31.4 Å². The maximum Gasteiger partial charge on any atom is 0.256 e. The molecule has 0 radical (unpaired) electrons. The van der Waals surface area contributed by atoms with E-state index < -0.39 is 0 Å². The maximum atomic E-state index is 12.9. The van der Waals surface area contributed by atoms with Crippen LogP contribution in [0.1, 0.15) is 20.7 Å². The first-order valence-electron chi connectivity index (χ1n) is 11.3. The first-order chi connectivity index (χ1) is 16.6. The maximum absolute atomic E-state index is 12.9. The van der Waals surface area contributed by atoms with Crippen molar-refractivity contribution in [2.75, 3.05) is 38.0 Å². The van der Waals surface area contributed by atoms with Crippen molar-refractivity contribution < 1.29 is 14.4 Å². The second kappa shape index (κ2) is 10.7. The largest absolute Gasteiger partial charge is 0.434 e. The Morgan fingerprint density at radius 3 is 2.00 bits per heavy atom. The van der Waals surface area contributed by atoms with Gasteiger partial charge in [0.15, 0.2) is 0 Å². The fourth-order valence-corrected chi connectivity index (χ4v) is 4.03. The predicted molar refractivity (Wildman–Crippen MR) is 135 cm³/mol. The van der Waals surface area contributed by atoms with Crippen LogP contribution in [0.2, 0.25) is 0 Å². The van der Waals surface area contributed by atoms with Crippen LogP contribution in [0, 0.1) is 0 Å². The van der Waals surface area contributed by atoms with Gasteiger partial charge in [0.25, 0.3) is 11.8 Å². The molecule has 3 aromatic rings. The zero-order valence-corrected chi connectivity index (χ0v) is 19.2. The molecule has 1 aliphatic heterocycles. The minimum absolute atomic E-state index is 0.0516. The van der Waals surface area contributed by atoms with Crippen LogP contribution in [0.25, 0.3) is 11.1 Å². The highest BCUT2D eigenvalue weighted by molar-refractivity contribution is 6.18. The summed E-state index contributed by atoms with van der Waals surface area (Å²) in [4.78, 5) is 41.4. The van der Waals surface area contributed by atoms with Crippen LogP contribution in [-0.2, 0) is 4.79 Å². The average Bonchev–Trinajstić information content (AvgIpc) is 2.91. The van der Waals surface area contributed by atoms with E-state index in [-0.39, 0.29) is 24.3 Å². The first kappa shape index (κ1) is 23.1. The third kappa shape index (κ3) is 5.28. The zero-order chi connectivity index (χ0) is 23.9. The van der Waals surface area contributed by atoms with Gasteiger partial charge in [0.1, 0.15) is 0 Å². The molecular formula is C26H27BN4O3. The zero-order valence-electron chi connectivity index (χ0n) is 19.2. The Kier molecular flexibility index (Phi) is 7.27. The van der Waals surface area contributed by atoms with Crippen molar-refractivity contribution in [1.29, 1.82) is 0 Å². The number of amides is 3. The monoisotopic (exact) mass is 454 g/mol. The van der Waals surface area contributed by atoms with Gasteiger partial charge in [-0.15, -0.1) is 0 Å². The van der Waals surface area contributed by atoms with Crippen molar-refractivity contribution in [2.24, 2.45) is 0 Å². The number of hydrogen-bond acceptors (Lipinski definition) is 4. The van der Waals surface area contributed by atoms with E-state index in [9.17, 15) is 14.4 Å². The Bertz CT molecular complexity index is 1160. The van der Waals surface area contributed by atoms with Crippen molar-refractivity contribution in [2.45, 2.75) is 0 Å². The van der Waals surface area contributed by atoms with Gasteiger partial charge in [0.05, 0.1) is 12.1 Å². The number of para-hydroxylation sites is 1. The molecule has 0 atom stereocenters. The van der Waals surface area contributed by atoms with E-state index in [1.54, 1.807) is 36.0 Å². The van der Waals surface area contributed by atoms with Crippen molar-refractivity contribution in [3.63, 3.8) is 0 Å². The summed E-state index contributed by atoms with van der Waals surface area (Å²) in [6, 6.07) is 24.6. The molecule has 7 nitrogen and oxygen atoms in total. The predicted octanol–water partition coefficient (Wildman–Crippen LogP) is 2.03. The summed E-state index contributed by atoms with van der Waals surface area (Å²) in [6.45, 7) is 1.71. The van der Waals surface area contributed by atoms with Crippen LogP contribution < -0.4 is 10.5 Å². The number of benzene rings is 3. The minimum Gasteiger partial charge on any atom is -0.434 e. The Labute approximate surface area is 200 Å². The van der Waals surface area contributed by atoms with E-state index in [1.807, 2.05) is 60.7 Å². The summed E-state index contributed by atoms with van der Waals surface area (Å²) in [5.74, 6) is -0.494. The van der Waals surface area contributed by atoms with E-state index in [0.29, 0.717) is 37.3 Å². The Balaban J connectivity index is 1.26. The highest BCUT2D eigenvalue weighted by atomic mass is 16.2. The van der Waals surface area contributed by atoms with E-state index in [1.165, 1.54) is 0 Å². The molecule has 1 heterocycles. The normalized spacial score (nSPS) is 13.3. The molecule has 0 aliphatic carbocycles. The summed E-state index contributed by atoms with van der Waals surface area (Å²) in [6.07, 6.45) is 0. The lowest BCUT2D eigenvalue weighted by atomic mass is 10.0. The summed E-state index contributed by atoms with van der Waals surface area (Å²) in [5, 5.41) is 5.75. The molecule has 34 heavy (non-hydrogen) atoms. The van der Waals surface area contributed by atoms with Crippen LogP contribution in [0.5, 0.6) is 0 Å². The number of rotatable bonds is 6. The number of piperazine rings is 1. The molecule has 0 spiro atoms. The van der Waals surface area contributed by atoms with Crippen LogP contribution in [-0.4, -0.2) is 68.2 Å². The Morgan fingerprint density at radius 2 is 1.32 bits per heavy atom. The van der Waals surface area contributed by atoms with Gasteiger partial charge in [0, 0.05) is 37.4 Å². The van der Waals surface area contributed by atoms with Crippen LogP contribution >= 0.6 is 0 Å². The number of carbonyl (C=O) groups is 3. The molecule has 4 rings (SSSR count). The van der Waals surface area contributed by atoms with Gasteiger partial charge in [-0.1, -0.05) is 54.6 Å². The molecular weight excluding hydrogens is 427 g/mol. The molecule has 1 fully saturated rings. The molecule has 3 amide bonds. The summed E-state index contributed by atoms with van der Waals surface area (Å²) < 4.78 is 0. The third-order valence-corrected chi connectivity index (χ3v) is 6.00. The molecule has 1 saturated heterocycles. The van der Waals surface area contributed by atoms with Gasteiger partial charge < -0.3 is 20.3 Å². The lowest BCUT2D eigenvalue weighted by molar-refractivity contribution is -0.131. The number of nitrogens with one attached hydrogen (secondary N) is 2. The summed E-state index contributed by atoms with van der Waals surface area (Å²) >= 11 is 0. The van der Waals surface area contributed by atoms with E-state index in [2.05, 4.69) is 10.5 Å². The van der Waals surface area contributed by atoms with Crippen molar-refractivity contribution in [3.8, 4) is 11.1 Å². The molecule has 0 saturated carbocycles. The van der Waals surface area contributed by atoms with Gasteiger partial charge in [-0.25, -0.2) is 0 Å². The second-order valence-electron chi connectivity index (χ2n) is 8.09. The van der Waals surface area contributed by atoms with Gasteiger partial charge in [-0.05, 0) is 35.4 Å². The lowest BCUT2D eigenvalue weighted by Crippen LogP contribution is -2.52. The average molecular weight is 454 g/mol. The van der Waals surface area contributed by atoms with Crippen molar-refractivity contribution in [1.82, 2.24) is 15.1 Å². The highest BCUT2D eigenvalue weighted by Gasteiger charge is 2.26. The molecule has 0 unspecified atom stereocenters. The fraction of sp³-hybridized carbons (Fsp3) is 0.192. The fourth-order valence-electron chi connectivity index (χ4n) is 4.03. The smallest absolute Gasteiger partial charge is 0.256 e. The second-order valence-corrected chi connectivity index (χ2v) is 8.09. The SMILES string of the molecule is BNc1ccccc1C(=O)N1CCN(C(=O)CNC(=O)c2ccc(-c3ccccc3)cc2)CC1. The molecule has 0 bridgehead atoms. The quantitative estimate of drug-likeness (QED) is 0.559. The van der Waals surface area contributed by atoms with Gasteiger partial charge in [0.2, 0.25) is 13.9 Å². The molecule has 2 N–H and O–H groups in total. The van der Waals surface area contributed by atoms with E-state index in [4.69, 9.17) is 0 Å². The highest BCUT2D eigenvalue weighted by Crippen LogP contribution is 2.19. The number of hydrogen-bond donors (Lipinski definition) is 2. The first-order valence-corrected chi connectivity index (χ1v) is 11.3. The number of carbonyl (C=O) groups excluding carboxylic acids is 3. The molecule has 1 aliphatic rings. The number of nitrogens with zero attached hydrogens (tertiary/aromatic N) is 2. The van der Waals surface area contributed by atoms with E-state index in [0.717, 1.165) is 16.8 Å². The van der Waals surface area contributed by atoms with Crippen LogP contribution in [0.3, 0.4) is 0 Å². The van der Waals surface area contributed by atoms with Gasteiger partial charge in [-0.2, -0.15) is 0 Å². The number of anilines is 1. The van der Waals surface area contributed by atoms with E-state index >= 15 is 0 Å². The summed E-state index contributed by atoms with van der Waals surface area (Å²) in [5.41, 5.74) is 4.02. The van der Waals surface area contributed by atoms with Crippen LogP contribution in [0.15, 0.2) is 78.9 Å². The Morgan fingerprint density at radius 1 is 0.735 bits per heavy atom. The molecule has 0 aromatic heterocycles. The standard InChI is InChI=1S/C26H27BN4O3/c27-29-23-9-5-4-8-22(23)26(34)31-16-14-30(15-17-31)24(32)18-28-25(33)21-12-10-20(11-13-21)19-6-2-1-3-7-19/h1-13,29H,14-18,27H2,(H,28,33).